The van der Waals surface area contributed by atoms with Crippen LogP contribution in [-0.2, 0) is 18.4 Å². The Bertz CT molecular complexity index is 845. The van der Waals surface area contributed by atoms with Crippen molar-refractivity contribution in [1.29, 1.82) is 0 Å². The van der Waals surface area contributed by atoms with E-state index in [1.165, 1.54) is 0 Å². The highest BCUT2D eigenvalue weighted by molar-refractivity contribution is 9.10. The second kappa shape index (κ2) is 7.49. The number of amides is 2. The molecule has 2 aromatic rings. The Hall–Kier alpha value is -2.00. The fourth-order valence-electron chi connectivity index (χ4n) is 2.86. The number of nitrogens with one attached hydrogen (secondary N) is 2. The third kappa shape index (κ3) is 3.82. The highest BCUT2D eigenvalue weighted by Crippen LogP contribution is 2.21. The molecule has 0 spiro atoms. The number of carbonyl (C=O) groups is 2. The lowest BCUT2D eigenvalue weighted by Crippen LogP contribution is -2.45. The van der Waals surface area contributed by atoms with Gasteiger partial charge in [-0.2, -0.15) is 5.10 Å². The van der Waals surface area contributed by atoms with Gasteiger partial charge in [-0.15, -0.1) is 0 Å². The predicted octanol–water partition coefficient (Wildman–Crippen LogP) is 2.16. The summed E-state index contributed by atoms with van der Waals surface area (Å²) in [7, 11) is 1.78. The minimum Gasteiger partial charge on any atom is -0.347 e. The Morgan fingerprint density at radius 1 is 1.40 bits per heavy atom. The third-order valence-corrected chi connectivity index (χ3v) is 5.19. The number of hydrogen-bond donors (Lipinski definition) is 2. The first-order valence-corrected chi connectivity index (χ1v) is 9.12. The summed E-state index contributed by atoms with van der Waals surface area (Å²) in [5.41, 5.74) is 0.581. The molecule has 1 saturated heterocycles. The summed E-state index contributed by atoms with van der Waals surface area (Å²) in [5.74, 6) is 0.349. The molecule has 0 saturated carbocycles. The van der Waals surface area contributed by atoms with Crippen LogP contribution in [0.15, 0.2) is 28.7 Å². The van der Waals surface area contributed by atoms with Crippen molar-refractivity contribution < 1.29 is 9.59 Å². The van der Waals surface area contributed by atoms with Crippen LogP contribution in [0, 0.1) is 4.77 Å². The van der Waals surface area contributed by atoms with Crippen LogP contribution in [0.5, 0.6) is 0 Å². The zero-order chi connectivity index (χ0) is 18.0. The average molecular weight is 424 g/mol. The summed E-state index contributed by atoms with van der Waals surface area (Å²) in [4.78, 5) is 26.9. The van der Waals surface area contributed by atoms with Gasteiger partial charge in [0.15, 0.2) is 10.6 Å². The van der Waals surface area contributed by atoms with Crippen LogP contribution < -0.4 is 5.32 Å². The second-order valence-electron chi connectivity index (χ2n) is 5.89. The number of aromatic amines is 1. The lowest BCUT2D eigenvalue weighted by atomic mass is 10.1. The normalized spacial score (nSPS) is 16.9. The molecule has 1 unspecified atom stereocenters. The van der Waals surface area contributed by atoms with E-state index < -0.39 is 6.04 Å². The quantitative estimate of drug-likeness (QED) is 0.737. The molecular weight excluding hydrogens is 406 g/mol. The van der Waals surface area contributed by atoms with Crippen molar-refractivity contribution in [1.82, 2.24) is 25.0 Å². The minimum absolute atomic E-state index is 0.122. The molecule has 132 valence electrons. The molecule has 3 rings (SSSR count). The Morgan fingerprint density at radius 3 is 2.76 bits per heavy atom. The van der Waals surface area contributed by atoms with E-state index in [9.17, 15) is 9.59 Å². The molecular formula is C16H18BrN5O2S. The molecule has 2 heterocycles. The SMILES string of the molecule is Cn1c(CNC(=O)C2CCCN2C(=O)c2ccc(Br)cc2)n[nH]c1=S. The van der Waals surface area contributed by atoms with Crippen LogP contribution in [-0.4, -0.2) is 44.1 Å². The average Bonchev–Trinajstić information content (AvgIpc) is 3.21. The van der Waals surface area contributed by atoms with Gasteiger partial charge in [0, 0.05) is 23.6 Å². The van der Waals surface area contributed by atoms with Crippen LogP contribution >= 0.6 is 28.1 Å². The molecule has 1 aromatic heterocycles. The summed E-state index contributed by atoms with van der Waals surface area (Å²) in [5, 5.41) is 9.60. The van der Waals surface area contributed by atoms with Gasteiger partial charge in [-0.3, -0.25) is 14.7 Å². The molecule has 1 aliphatic rings. The summed E-state index contributed by atoms with van der Waals surface area (Å²) in [6.07, 6.45) is 1.47. The first-order valence-electron chi connectivity index (χ1n) is 7.92. The van der Waals surface area contributed by atoms with Crippen molar-refractivity contribution >= 4 is 40.0 Å². The summed E-state index contributed by atoms with van der Waals surface area (Å²) in [6.45, 7) is 0.846. The van der Waals surface area contributed by atoms with Crippen molar-refractivity contribution in [3.05, 3.63) is 44.9 Å². The summed E-state index contributed by atoms with van der Waals surface area (Å²) < 4.78 is 3.11. The van der Waals surface area contributed by atoms with Gasteiger partial charge in [0.2, 0.25) is 5.91 Å². The van der Waals surface area contributed by atoms with E-state index in [1.807, 2.05) is 12.1 Å². The summed E-state index contributed by atoms with van der Waals surface area (Å²) >= 11 is 8.41. The van der Waals surface area contributed by atoms with Gasteiger partial charge in [0.25, 0.3) is 5.91 Å². The van der Waals surface area contributed by atoms with E-state index in [0.29, 0.717) is 29.1 Å². The maximum atomic E-state index is 12.7. The third-order valence-electron chi connectivity index (χ3n) is 4.30. The van der Waals surface area contributed by atoms with E-state index in [4.69, 9.17) is 12.2 Å². The molecule has 2 N–H and O–H groups in total. The fourth-order valence-corrected chi connectivity index (χ4v) is 3.28. The van der Waals surface area contributed by atoms with Gasteiger partial charge >= 0.3 is 0 Å². The van der Waals surface area contributed by atoms with Gasteiger partial charge in [-0.25, -0.2) is 0 Å². The molecule has 7 nitrogen and oxygen atoms in total. The molecule has 1 fully saturated rings. The van der Waals surface area contributed by atoms with Gasteiger partial charge in [-0.05, 0) is 49.3 Å². The molecule has 1 atom stereocenters. The maximum Gasteiger partial charge on any atom is 0.254 e. The number of hydrogen-bond acceptors (Lipinski definition) is 4. The number of halogens is 1. The van der Waals surface area contributed by atoms with E-state index in [2.05, 4.69) is 31.4 Å². The number of likely N-dealkylation sites (tertiary alicyclic amines) is 1. The minimum atomic E-state index is -0.455. The monoisotopic (exact) mass is 423 g/mol. The molecule has 1 aromatic carbocycles. The number of carbonyl (C=O) groups excluding carboxylic acids is 2. The number of nitrogens with zero attached hydrogens (tertiary/aromatic N) is 3. The highest BCUT2D eigenvalue weighted by Gasteiger charge is 2.34. The molecule has 0 radical (unpaired) electrons. The zero-order valence-electron chi connectivity index (χ0n) is 13.7. The van der Waals surface area contributed by atoms with Crippen molar-refractivity contribution in [3.63, 3.8) is 0 Å². The molecule has 25 heavy (non-hydrogen) atoms. The lowest BCUT2D eigenvalue weighted by Gasteiger charge is -2.24. The fraction of sp³-hybridized carbons (Fsp3) is 0.375. The standard InChI is InChI=1S/C16H18BrN5O2S/c1-21-13(19-20-16(21)25)9-18-14(23)12-3-2-8-22(12)15(24)10-4-6-11(17)7-5-10/h4-7,12H,2-3,8-9H2,1H3,(H,18,23)(H,20,25). The highest BCUT2D eigenvalue weighted by atomic mass is 79.9. The number of aromatic nitrogens is 3. The predicted molar refractivity (Wildman–Crippen MR) is 98.4 cm³/mol. The van der Waals surface area contributed by atoms with Gasteiger partial charge in [0.05, 0.1) is 6.54 Å². The molecule has 0 aliphatic carbocycles. The van der Waals surface area contributed by atoms with Crippen LogP contribution in [0.25, 0.3) is 0 Å². The van der Waals surface area contributed by atoms with Crippen LogP contribution in [0.3, 0.4) is 0 Å². The molecule has 1 aliphatic heterocycles. The number of benzene rings is 1. The zero-order valence-corrected chi connectivity index (χ0v) is 16.1. The van der Waals surface area contributed by atoms with E-state index >= 15 is 0 Å². The van der Waals surface area contributed by atoms with Crippen LogP contribution in [0.2, 0.25) is 0 Å². The second-order valence-corrected chi connectivity index (χ2v) is 7.19. The van der Waals surface area contributed by atoms with E-state index in [-0.39, 0.29) is 18.4 Å². The maximum absolute atomic E-state index is 12.7. The molecule has 2 amide bonds. The lowest BCUT2D eigenvalue weighted by molar-refractivity contribution is -0.125. The first kappa shape index (κ1) is 17.8. The van der Waals surface area contributed by atoms with E-state index in [1.54, 1.807) is 28.6 Å². The smallest absolute Gasteiger partial charge is 0.254 e. The van der Waals surface area contributed by atoms with Crippen molar-refractivity contribution in [2.45, 2.75) is 25.4 Å². The Morgan fingerprint density at radius 2 is 2.12 bits per heavy atom. The van der Waals surface area contributed by atoms with Crippen molar-refractivity contribution in [2.24, 2.45) is 7.05 Å². The van der Waals surface area contributed by atoms with Crippen LogP contribution in [0.4, 0.5) is 0 Å². The molecule has 9 heteroatoms. The largest absolute Gasteiger partial charge is 0.347 e. The summed E-state index contributed by atoms with van der Waals surface area (Å²) in [6, 6.07) is 6.71. The van der Waals surface area contributed by atoms with Crippen molar-refractivity contribution in [2.75, 3.05) is 6.54 Å². The van der Waals surface area contributed by atoms with E-state index in [0.717, 1.165) is 10.9 Å². The van der Waals surface area contributed by atoms with Gasteiger partial charge < -0.3 is 14.8 Å². The van der Waals surface area contributed by atoms with Crippen molar-refractivity contribution in [3.8, 4) is 0 Å². The topological polar surface area (TPSA) is 83.0 Å². The van der Waals surface area contributed by atoms with Crippen LogP contribution in [0.1, 0.15) is 29.0 Å². The van der Waals surface area contributed by atoms with Gasteiger partial charge in [-0.1, -0.05) is 15.9 Å². The Labute approximate surface area is 158 Å². The Balaban J connectivity index is 1.67. The van der Waals surface area contributed by atoms with Gasteiger partial charge in [0.1, 0.15) is 6.04 Å². The number of rotatable bonds is 4. The molecule has 0 bridgehead atoms. The Kier molecular flexibility index (Phi) is 5.33. The first-order chi connectivity index (χ1) is 12.0. The number of H-pyrrole nitrogens is 1.